The lowest BCUT2D eigenvalue weighted by molar-refractivity contribution is -0.122. The molecule has 0 radical (unpaired) electrons. The maximum absolute atomic E-state index is 11.5. The zero-order valence-electron chi connectivity index (χ0n) is 9.75. The highest BCUT2D eigenvalue weighted by atomic mass is 32.2. The molecule has 1 heterocycles. The number of nitrogens with zero attached hydrogens (tertiary/aromatic N) is 2. The van der Waals surface area contributed by atoms with Gasteiger partial charge in [-0.2, -0.15) is 5.10 Å². The van der Waals surface area contributed by atoms with Crippen LogP contribution in [0.15, 0.2) is 12.3 Å². The Morgan fingerprint density at radius 1 is 1.65 bits per heavy atom. The monoisotopic (exact) mass is 260 g/mol. The summed E-state index contributed by atoms with van der Waals surface area (Å²) in [5.41, 5.74) is 5.40. The van der Waals surface area contributed by atoms with Crippen LogP contribution in [0.5, 0.6) is 0 Å². The smallest absolute Gasteiger partial charge is 0.241 e. The van der Waals surface area contributed by atoms with Gasteiger partial charge in [-0.1, -0.05) is 0 Å². The Kier molecular flexibility index (Phi) is 4.11. The molecule has 3 N–H and O–H groups in total. The van der Waals surface area contributed by atoms with E-state index in [9.17, 15) is 13.2 Å². The zero-order valence-corrected chi connectivity index (χ0v) is 10.6. The lowest BCUT2D eigenvalue weighted by Crippen LogP contribution is -2.39. The maximum atomic E-state index is 11.5. The Labute approximate surface area is 99.9 Å². The van der Waals surface area contributed by atoms with Gasteiger partial charge in [-0.15, -0.1) is 0 Å². The van der Waals surface area contributed by atoms with Crippen molar-refractivity contribution in [3.05, 3.63) is 12.3 Å². The summed E-state index contributed by atoms with van der Waals surface area (Å²) in [6.07, 6.45) is 2.71. The van der Waals surface area contributed by atoms with Crippen LogP contribution in [0.4, 0.5) is 5.82 Å². The number of rotatable bonds is 5. The van der Waals surface area contributed by atoms with E-state index in [1.54, 1.807) is 19.2 Å². The molecule has 96 valence electrons. The van der Waals surface area contributed by atoms with Crippen molar-refractivity contribution >= 4 is 21.6 Å². The number of carbonyl (C=O) groups excluding carboxylic acids is 1. The number of aromatic nitrogens is 2. The second kappa shape index (κ2) is 5.17. The zero-order chi connectivity index (χ0) is 13.1. The third kappa shape index (κ3) is 5.34. The van der Waals surface area contributed by atoms with E-state index in [-0.39, 0.29) is 18.2 Å². The van der Waals surface area contributed by atoms with Gasteiger partial charge in [0.15, 0.2) is 0 Å². The minimum Gasteiger partial charge on any atom is -0.382 e. The fraction of sp³-hybridized carbons (Fsp3) is 0.556. The predicted molar refractivity (Wildman–Crippen MR) is 64.0 cm³/mol. The SMILES string of the molecule is CC(CS(C)(=O)=O)NC(=O)Cn1ccc(N)n1. The van der Waals surface area contributed by atoms with E-state index >= 15 is 0 Å². The number of hydrogen-bond donors (Lipinski definition) is 2. The molecule has 0 aliphatic carbocycles. The highest BCUT2D eigenvalue weighted by Gasteiger charge is 2.13. The van der Waals surface area contributed by atoms with E-state index in [4.69, 9.17) is 5.73 Å². The van der Waals surface area contributed by atoms with Gasteiger partial charge in [0.2, 0.25) is 5.91 Å². The summed E-state index contributed by atoms with van der Waals surface area (Å²) in [6, 6.07) is 1.15. The van der Waals surface area contributed by atoms with Crippen molar-refractivity contribution in [2.24, 2.45) is 0 Å². The third-order valence-electron chi connectivity index (χ3n) is 1.93. The summed E-state index contributed by atoms with van der Waals surface area (Å²) < 4.78 is 23.4. The first kappa shape index (κ1) is 13.5. The van der Waals surface area contributed by atoms with Gasteiger partial charge in [0.25, 0.3) is 0 Å². The first-order chi connectivity index (χ1) is 7.76. The molecule has 1 aromatic heterocycles. The van der Waals surface area contributed by atoms with Crippen LogP contribution in [0.3, 0.4) is 0 Å². The van der Waals surface area contributed by atoms with Gasteiger partial charge in [-0.3, -0.25) is 9.48 Å². The lowest BCUT2D eigenvalue weighted by Gasteiger charge is -2.12. The number of sulfone groups is 1. The number of carbonyl (C=O) groups is 1. The predicted octanol–water partition coefficient (Wildman–Crippen LogP) is -0.985. The molecule has 0 aliphatic heterocycles. The topological polar surface area (TPSA) is 107 Å². The van der Waals surface area contributed by atoms with Crippen molar-refractivity contribution in [2.75, 3.05) is 17.7 Å². The number of anilines is 1. The molecule has 7 nitrogen and oxygen atoms in total. The Morgan fingerprint density at radius 3 is 2.76 bits per heavy atom. The Morgan fingerprint density at radius 2 is 2.29 bits per heavy atom. The summed E-state index contributed by atoms with van der Waals surface area (Å²) in [5.74, 6) is -0.0498. The molecule has 1 unspecified atom stereocenters. The second-order valence-electron chi connectivity index (χ2n) is 4.00. The summed E-state index contributed by atoms with van der Waals surface area (Å²) >= 11 is 0. The highest BCUT2D eigenvalue weighted by molar-refractivity contribution is 7.90. The first-order valence-corrected chi connectivity index (χ1v) is 7.08. The van der Waals surface area contributed by atoms with Crippen molar-refractivity contribution in [3.63, 3.8) is 0 Å². The summed E-state index contributed by atoms with van der Waals surface area (Å²) in [5, 5.41) is 6.42. The largest absolute Gasteiger partial charge is 0.382 e. The summed E-state index contributed by atoms with van der Waals surface area (Å²) in [7, 11) is -3.09. The number of amides is 1. The summed E-state index contributed by atoms with van der Waals surface area (Å²) in [6.45, 7) is 1.65. The van der Waals surface area contributed by atoms with Crippen molar-refractivity contribution in [3.8, 4) is 0 Å². The molecular weight excluding hydrogens is 244 g/mol. The maximum Gasteiger partial charge on any atom is 0.241 e. The molecule has 0 spiro atoms. The lowest BCUT2D eigenvalue weighted by atomic mass is 10.4. The Balaban J connectivity index is 2.45. The normalized spacial score (nSPS) is 13.3. The molecule has 0 aromatic carbocycles. The fourth-order valence-corrected chi connectivity index (χ4v) is 2.42. The van der Waals surface area contributed by atoms with Crippen LogP contribution in [0.2, 0.25) is 0 Å². The van der Waals surface area contributed by atoms with Gasteiger partial charge < -0.3 is 11.1 Å². The fourth-order valence-electron chi connectivity index (χ4n) is 1.43. The van der Waals surface area contributed by atoms with Crippen molar-refractivity contribution in [1.82, 2.24) is 15.1 Å². The average molecular weight is 260 g/mol. The molecule has 1 atom stereocenters. The van der Waals surface area contributed by atoms with Gasteiger partial charge in [-0.25, -0.2) is 8.42 Å². The average Bonchev–Trinajstić information content (AvgIpc) is 2.46. The molecule has 0 aliphatic rings. The molecule has 1 aromatic rings. The highest BCUT2D eigenvalue weighted by Crippen LogP contribution is 1.96. The van der Waals surface area contributed by atoms with E-state index in [1.165, 1.54) is 4.68 Å². The van der Waals surface area contributed by atoms with Gasteiger partial charge in [0.1, 0.15) is 22.2 Å². The number of nitrogen functional groups attached to an aromatic ring is 1. The third-order valence-corrected chi connectivity index (χ3v) is 3.03. The second-order valence-corrected chi connectivity index (χ2v) is 6.18. The molecule has 0 bridgehead atoms. The van der Waals surface area contributed by atoms with Crippen LogP contribution in [-0.4, -0.2) is 42.2 Å². The Bertz CT molecular complexity index is 494. The van der Waals surface area contributed by atoms with Crippen LogP contribution in [0.1, 0.15) is 6.92 Å². The van der Waals surface area contributed by atoms with Gasteiger partial charge in [-0.05, 0) is 13.0 Å². The van der Waals surface area contributed by atoms with Crippen LogP contribution >= 0.6 is 0 Å². The number of nitrogens with one attached hydrogen (secondary N) is 1. The van der Waals surface area contributed by atoms with Crippen LogP contribution in [0, 0.1) is 0 Å². The molecule has 0 saturated carbocycles. The van der Waals surface area contributed by atoms with Crippen LogP contribution < -0.4 is 11.1 Å². The summed E-state index contributed by atoms with van der Waals surface area (Å²) in [4.78, 5) is 11.5. The molecule has 17 heavy (non-hydrogen) atoms. The van der Waals surface area contributed by atoms with Crippen molar-refractivity contribution < 1.29 is 13.2 Å². The standard InChI is InChI=1S/C9H16N4O3S/c1-7(6-17(2,15)16)11-9(14)5-13-4-3-8(10)12-13/h3-4,7H,5-6H2,1-2H3,(H2,10,12)(H,11,14). The van der Waals surface area contributed by atoms with Crippen molar-refractivity contribution in [1.29, 1.82) is 0 Å². The van der Waals surface area contributed by atoms with Crippen LogP contribution in [-0.2, 0) is 21.2 Å². The minimum absolute atomic E-state index is 0.0191. The quantitative estimate of drug-likeness (QED) is 0.707. The van der Waals surface area contributed by atoms with Crippen molar-refractivity contribution in [2.45, 2.75) is 19.5 Å². The van der Waals surface area contributed by atoms with Crippen LogP contribution in [0.25, 0.3) is 0 Å². The van der Waals surface area contributed by atoms with E-state index in [2.05, 4.69) is 10.4 Å². The Hall–Kier alpha value is -1.57. The molecular formula is C9H16N4O3S. The number of hydrogen-bond acceptors (Lipinski definition) is 5. The molecule has 8 heteroatoms. The van der Waals surface area contributed by atoms with Gasteiger partial charge >= 0.3 is 0 Å². The molecule has 0 fully saturated rings. The van der Waals surface area contributed by atoms with Gasteiger partial charge in [0.05, 0.1) is 5.75 Å². The minimum atomic E-state index is -3.09. The molecule has 0 saturated heterocycles. The van der Waals surface area contributed by atoms with E-state index in [0.29, 0.717) is 5.82 Å². The van der Waals surface area contributed by atoms with Gasteiger partial charge in [0, 0.05) is 18.5 Å². The number of nitrogens with two attached hydrogens (primary N) is 1. The molecule has 1 rings (SSSR count). The van der Waals surface area contributed by atoms with E-state index in [1.807, 2.05) is 0 Å². The first-order valence-electron chi connectivity index (χ1n) is 5.02. The van der Waals surface area contributed by atoms with E-state index in [0.717, 1.165) is 6.26 Å². The molecule has 1 amide bonds. The van der Waals surface area contributed by atoms with E-state index < -0.39 is 15.9 Å².